The molecular formula is C19H18FNO4. The van der Waals surface area contributed by atoms with Crippen LogP contribution in [0.25, 0.3) is 0 Å². The number of anilines is 1. The fourth-order valence-electron chi connectivity index (χ4n) is 3.19. The maximum atomic E-state index is 13.5. The van der Waals surface area contributed by atoms with Gasteiger partial charge < -0.3 is 19.5 Å². The SMILES string of the molecule is O=C(COc1ccccc1F)Nc1ccc2c(c1)OC1(CCCC1)O2. The second-order valence-corrected chi connectivity index (χ2v) is 6.25. The minimum atomic E-state index is -0.529. The van der Waals surface area contributed by atoms with Crippen LogP contribution in [0.2, 0.25) is 0 Å². The zero-order chi connectivity index (χ0) is 17.3. The van der Waals surface area contributed by atoms with Gasteiger partial charge in [-0.25, -0.2) is 4.39 Å². The Bertz CT molecular complexity index is 802. The molecule has 4 rings (SSSR count). The normalized spacial score (nSPS) is 16.8. The zero-order valence-electron chi connectivity index (χ0n) is 13.6. The molecule has 0 unspecified atom stereocenters. The fraction of sp³-hybridized carbons (Fsp3) is 0.316. The van der Waals surface area contributed by atoms with Crippen molar-refractivity contribution in [1.29, 1.82) is 0 Å². The Balaban J connectivity index is 1.37. The third-order valence-corrected chi connectivity index (χ3v) is 4.38. The second-order valence-electron chi connectivity index (χ2n) is 6.25. The van der Waals surface area contributed by atoms with E-state index in [-0.39, 0.29) is 18.3 Å². The molecular weight excluding hydrogens is 325 g/mol. The van der Waals surface area contributed by atoms with Crippen molar-refractivity contribution in [3.8, 4) is 17.2 Å². The number of nitrogens with one attached hydrogen (secondary N) is 1. The van der Waals surface area contributed by atoms with Gasteiger partial charge in [0.2, 0.25) is 0 Å². The molecule has 1 amide bonds. The maximum Gasteiger partial charge on any atom is 0.262 e. The van der Waals surface area contributed by atoms with Crippen molar-refractivity contribution in [2.75, 3.05) is 11.9 Å². The second kappa shape index (κ2) is 6.27. The molecule has 1 N–H and O–H groups in total. The highest BCUT2D eigenvalue weighted by atomic mass is 19.1. The molecule has 0 saturated heterocycles. The van der Waals surface area contributed by atoms with Crippen molar-refractivity contribution in [2.24, 2.45) is 0 Å². The van der Waals surface area contributed by atoms with E-state index >= 15 is 0 Å². The number of fused-ring (bicyclic) bond motifs is 1. The van der Waals surface area contributed by atoms with Crippen molar-refractivity contribution >= 4 is 11.6 Å². The molecule has 1 fully saturated rings. The molecule has 1 saturated carbocycles. The van der Waals surface area contributed by atoms with E-state index in [9.17, 15) is 9.18 Å². The van der Waals surface area contributed by atoms with E-state index in [4.69, 9.17) is 14.2 Å². The third kappa shape index (κ3) is 3.24. The summed E-state index contributed by atoms with van der Waals surface area (Å²) < 4.78 is 30.6. The molecule has 1 spiro atoms. The topological polar surface area (TPSA) is 56.8 Å². The summed E-state index contributed by atoms with van der Waals surface area (Å²) in [4.78, 5) is 12.0. The van der Waals surface area contributed by atoms with Gasteiger partial charge >= 0.3 is 0 Å². The molecule has 2 aliphatic rings. The number of hydrogen-bond donors (Lipinski definition) is 1. The Labute approximate surface area is 144 Å². The van der Waals surface area contributed by atoms with Crippen LogP contribution in [-0.2, 0) is 4.79 Å². The summed E-state index contributed by atoms with van der Waals surface area (Å²) in [6.45, 7) is -0.278. The highest BCUT2D eigenvalue weighted by Gasteiger charge is 2.44. The van der Waals surface area contributed by atoms with Crippen LogP contribution < -0.4 is 19.5 Å². The third-order valence-electron chi connectivity index (χ3n) is 4.38. The summed E-state index contributed by atoms with van der Waals surface area (Å²) in [6, 6.07) is 11.2. The average Bonchev–Trinajstić information content (AvgIpc) is 3.20. The first kappa shape index (κ1) is 15.7. The minimum Gasteiger partial charge on any atom is -0.481 e. The zero-order valence-corrected chi connectivity index (χ0v) is 13.6. The van der Waals surface area contributed by atoms with Gasteiger partial charge in [0.15, 0.2) is 29.7 Å². The lowest BCUT2D eigenvalue weighted by molar-refractivity contribution is -0.118. The number of carbonyl (C=O) groups is 1. The van der Waals surface area contributed by atoms with Gasteiger partial charge in [-0.3, -0.25) is 4.79 Å². The van der Waals surface area contributed by atoms with E-state index in [1.54, 1.807) is 30.3 Å². The first-order chi connectivity index (χ1) is 12.1. The van der Waals surface area contributed by atoms with Gasteiger partial charge in [-0.15, -0.1) is 0 Å². The van der Waals surface area contributed by atoms with E-state index in [1.807, 2.05) is 0 Å². The van der Waals surface area contributed by atoms with Crippen LogP contribution in [0.5, 0.6) is 17.2 Å². The minimum absolute atomic E-state index is 0.0477. The van der Waals surface area contributed by atoms with Gasteiger partial charge in [0.05, 0.1) is 0 Å². The number of amides is 1. The molecule has 0 aromatic heterocycles. The molecule has 2 aromatic rings. The summed E-state index contributed by atoms with van der Waals surface area (Å²) >= 11 is 0. The number of para-hydroxylation sites is 1. The van der Waals surface area contributed by atoms with Gasteiger partial charge in [-0.05, 0) is 37.1 Å². The number of hydrogen-bond acceptors (Lipinski definition) is 4. The number of halogens is 1. The van der Waals surface area contributed by atoms with Crippen LogP contribution in [0.1, 0.15) is 25.7 Å². The molecule has 0 atom stereocenters. The maximum absolute atomic E-state index is 13.5. The molecule has 130 valence electrons. The predicted molar refractivity (Wildman–Crippen MR) is 89.4 cm³/mol. The summed E-state index contributed by atoms with van der Waals surface area (Å²) in [5.74, 6) is -0.0273. The van der Waals surface area contributed by atoms with Crippen molar-refractivity contribution in [1.82, 2.24) is 0 Å². The summed E-state index contributed by atoms with van der Waals surface area (Å²) in [5, 5.41) is 2.72. The molecule has 1 aliphatic carbocycles. The highest BCUT2D eigenvalue weighted by molar-refractivity contribution is 5.92. The molecule has 5 nitrogen and oxygen atoms in total. The summed E-state index contributed by atoms with van der Waals surface area (Å²) in [5.41, 5.74) is 0.583. The number of ether oxygens (including phenoxy) is 3. The summed E-state index contributed by atoms with van der Waals surface area (Å²) in [6.07, 6.45) is 3.93. The Morgan fingerprint density at radius 2 is 1.88 bits per heavy atom. The van der Waals surface area contributed by atoms with Crippen LogP contribution >= 0.6 is 0 Å². The first-order valence-electron chi connectivity index (χ1n) is 8.33. The molecule has 6 heteroatoms. The largest absolute Gasteiger partial charge is 0.481 e. The van der Waals surface area contributed by atoms with E-state index in [2.05, 4.69) is 5.32 Å². The van der Waals surface area contributed by atoms with Crippen LogP contribution in [0, 0.1) is 5.82 Å². The van der Waals surface area contributed by atoms with Gasteiger partial charge in [0.25, 0.3) is 11.7 Å². The lowest BCUT2D eigenvalue weighted by atomic mass is 10.2. The van der Waals surface area contributed by atoms with Crippen molar-refractivity contribution < 1.29 is 23.4 Å². The standard InChI is InChI=1S/C19H18FNO4/c20-14-5-1-2-6-15(14)23-12-18(22)21-13-7-8-16-17(11-13)25-19(24-16)9-3-4-10-19/h1-2,5-8,11H,3-4,9-10,12H2,(H,21,22). The van der Waals surface area contributed by atoms with Gasteiger partial charge in [0, 0.05) is 24.6 Å². The van der Waals surface area contributed by atoms with E-state index in [1.165, 1.54) is 12.1 Å². The van der Waals surface area contributed by atoms with Crippen molar-refractivity contribution in [2.45, 2.75) is 31.5 Å². The molecule has 1 aliphatic heterocycles. The van der Waals surface area contributed by atoms with Gasteiger partial charge in [-0.1, -0.05) is 12.1 Å². The van der Waals surface area contributed by atoms with E-state index in [0.29, 0.717) is 17.2 Å². The Morgan fingerprint density at radius 1 is 1.12 bits per heavy atom. The number of benzene rings is 2. The average molecular weight is 343 g/mol. The lowest BCUT2D eigenvalue weighted by Gasteiger charge is -2.21. The summed E-state index contributed by atoms with van der Waals surface area (Å²) in [7, 11) is 0. The molecule has 1 heterocycles. The van der Waals surface area contributed by atoms with Crippen LogP contribution in [0.15, 0.2) is 42.5 Å². The fourth-order valence-corrected chi connectivity index (χ4v) is 3.19. The highest BCUT2D eigenvalue weighted by Crippen LogP contribution is 2.47. The molecule has 0 radical (unpaired) electrons. The van der Waals surface area contributed by atoms with Crippen LogP contribution in [-0.4, -0.2) is 18.3 Å². The Kier molecular flexibility index (Phi) is 3.95. The Morgan fingerprint density at radius 3 is 2.68 bits per heavy atom. The molecule has 2 aromatic carbocycles. The predicted octanol–water partition coefficient (Wildman–Crippen LogP) is 3.88. The van der Waals surface area contributed by atoms with Gasteiger partial charge in [-0.2, -0.15) is 0 Å². The van der Waals surface area contributed by atoms with Crippen LogP contribution in [0.4, 0.5) is 10.1 Å². The van der Waals surface area contributed by atoms with E-state index in [0.717, 1.165) is 25.7 Å². The van der Waals surface area contributed by atoms with Crippen molar-refractivity contribution in [3.63, 3.8) is 0 Å². The van der Waals surface area contributed by atoms with Gasteiger partial charge in [0.1, 0.15) is 0 Å². The molecule has 25 heavy (non-hydrogen) atoms. The first-order valence-corrected chi connectivity index (χ1v) is 8.33. The smallest absolute Gasteiger partial charge is 0.262 e. The number of rotatable bonds is 4. The van der Waals surface area contributed by atoms with Crippen molar-refractivity contribution in [3.05, 3.63) is 48.3 Å². The monoisotopic (exact) mass is 343 g/mol. The Hall–Kier alpha value is -2.76. The van der Waals surface area contributed by atoms with Crippen LogP contribution in [0.3, 0.4) is 0 Å². The lowest BCUT2D eigenvalue weighted by Crippen LogP contribution is -2.34. The number of carbonyl (C=O) groups excluding carboxylic acids is 1. The molecule has 0 bridgehead atoms. The quantitative estimate of drug-likeness (QED) is 0.915. The van der Waals surface area contributed by atoms with E-state index < -0.39 is 11.6 Å².